The Labute approximate surface area is 108 Å². The molecule has 0 aliphatic carbocycles. The number of benzene rings is 1. The third-order valence-corrected chi connectivity index (χ3v) is 3.06. The minimum atomic E-state index is -0.989. The Morgan fingerprint density at radius 3 is 2.84 bits per heavy atom. The van der Waals surface area contributed by atoms with E-state index in [-0.39, 0.29) is 5.56 Å². The van der Waals surface area contributed by atoms with Crippen molar-refractivity contribution in [2.75, 3.05) is 0 Å². The van der Waals surface area contributed by atoms with E-state index >= 15 is 0 Å². The Morgan fingerprint density at radius 2 is 2.05 bits per heavy atom. The van der Waals surface area contributed by atoms with Crippen LogP contribution >= 0.6 is 0 Å². The maximum Gasteiger partial charge on any atom is 0.337 e. The molecule has 19 heavy (non-hydrogen) atoms. The van der Waals surface area contributed by atoms with Crippen molar-refractivity contribution >= 4 is 16.9 Å². The minimum Gasteiger partial charge on any atom is -0.478 e. The number of carboxylic acids is 1. The van der Waals surface area contributed by atoms with Crippen molar-refractivity contribution in [1.82, 2.24) is 15.2 Å². The Bertz CT molecular complexity index is 777. The van der Waals surface area contributed by atoms with E-state index in [4.69, 9.17) is 5.11 Å². The van der Waals surface area contributed by atoms with E-state index < -0.39 is 5.97 Å². The van der Waals surface area contributed by atoms with Crippen molar-refractivity contribution in [3.05, 3.63) is 47.8 Å². The number of carbonyl (C=O) groups is 1. The van der Waals surface area contributed by atoms with Crippen molar-refractivity contribution in [2.45, 2.75) is 6.92 Å². The summed E-state index contributed by atoms with van der Waals surface area (Å²) in [5, 5.41) is 18.1. The zero-order chi connectivity index (χ0) is 13.4. The van der Waals surface area contributed by atoms with Crippen molar-refractivity contribution in [3.63, 3.8) is 0 Å². The van der Waals surface area contributed by atoms with Crippen molar-refractivity contribution < 1.29 is 9.90 Å². The summed E-state index contributed by atoms with van der Waals surface area (Å²) in [6, 6.07) is 9.30. The van der Waals surface area contributed by atoms with Crippen molar-refractivity contribution in [2.24, 2.45) is 0 Å². The first-order valence-electron chi connectivity index (χ1n) is 5.80. The molecule has 3 aromatic rings. The third-order valence-electron chi connectivity index (χ3n) is 3.06. The molecule has 0 aliphatic heterocycles. The quantitative estimate of drug-likeness (QED) is 0.735. The summed E-state index contributed by atoms with van der Waals surface area (Å²) >= 11 is 0. The van der Waals surface area contributed by atoms with Gasteiger partial charge in [-0.25, -0.2) is 4.79 Å². The molecule has 3 rings (SSSR count). The van der Waals surface area contributed by atoms with Gasteiger partial charge in [0.1, 0.15) is 0 Å². The van der Waals surface area contributed by atoms with Crippen LogP contribution in [0.2, 0.25) is 0 Å². The second-order valence-corrected chi connectivity index (χ2v) is 4.31. The molecule has 0 unspecified atom stereocenters. The van der Waals surface area contributed by atoms with Gasteiger partial charge in [-0.2, -0.15) is 10.2 Å². The predicted octanol–water partition coefficient (Wildman–Crippen LogP) is 2.63. The number of aryl methyl sites for hydroxylation is 1. The first-order valence-corrected chi connectivity index (χ1v) is 5.80. The van der Waals surface area contributed by atoms with E-state index in [1.807, 2.05) is 30.5 Å². The Morgan fingerprint density at radius 1 is 1.21 bits per heavy atom. The molecule has 0 spiro atoms. The molecule has 0 radical (unpaired) electrons. The summed E-state index contributed by atoms with van der Waals surface area (Å²) in [5.74, 6) is -0.989. The molecule has 1 aromatic carbocycles. The molecule has 0 atom stereocenters. The monoisotopic (exact) mass is 253 g/mol. The van der Waals surface area contributed by atoms with E-state index in [9.17, 15) is 4.79 Å². The smallest absolute Gasteiger partial charge is 0.337 e. The highest BCUT2D eigenvalue weighted by Gasteiger charge is 2.11. The lowest BCUT2D eigenvalue weighted by molar-refractivity contribution is 0.0695. The zero-order valence-electron chi connectivity index (χ0n) is 10.2. The molecule has 2 heterocycles. The molecule has 0 bridgehead atoms. The van der Waals surface area contributed by atoms with Crippen LogP contribution in [0.1, 0.15) is 16.1 Å². The first-order chi connectivity index (χ1) is 9.15. The predicted molar refractivity (Wildman–Crippen MR) is 71.0 cm³/mol. The van der Waals surface area contributed by atoms with Gasteiger partial charge in [-0.3, -0.25) is 0 Å². The maximum absolute atomic E-state index is 11.1. The largest absolute Gasteiger partial charge is 0.478 e. The van der Waals surface area contributed by atoms with Gasteiger partial charge in [0.25, 0.3) is 0 Å². The van der Waals surface area contributed by atoms with Gasteiger partial charge in [-0.05, 0) is 31.2 Å². The van der Waals surface area contributed by atoms with Gasteiger partial charge < -0.3 is 10.1 Å². The van der Waals surface area contributed by atoms with Gasteiger partial charge in [0.05, 0.1) is 17.0 Å². The molecule has 5 nitrogen and oxygen atoms in total. The lowest BCUT2D eigenvalue weighted by Crippen LogP contribution is -2.04. The molecule has 0 saturated carbocycles. The summed E-state index contributed by atoms with van der Waals surface area (Å²) in [5.41, 5.74) is 3.04. The fourth-order valence-electron chi connectivity index (χ4n) is 2.02. The number of aromatic amines is 1. The molecule has 0 saturated heterocycles. The van der Waals surface area contributed by atoms with Crippen LogP contribution < -0.4 is 0 Å². The number of H-pyrrole nitrogens is 1. The van der Waals surface area contributed by atoms with Gasteiger partial charge >= 0.3 is 5.97 Å². The molecular formula is C14H11N3O2. The van der Waals surface area contributed by atoms with Crippen LogP contribution in [-0.4, -0.2) is 26.3 Å². The van der Waals surface area contributed by atoms with Gasteiger partial charge in [0.2, 0.25) is 0 Å². The average molecular weight is 253 g/mol. The average Bonchev–Trinajstić information content (AvgIpc) is 2.86. The number of carboxylic acid groups (broad SMARTS) is 1. The van der Waals surface area contributed by atoms with Gasteiger partial charge in [-0.15, -0.1) is 0 Å². The fraction of sp³-hybridized carbons (Fsp3) is 0.0714. The standard InChI is InChI=1S/C14H11N3O2/c1-8-11(14(18)19)7-13(17-16-8)9-2-3-12-10(6-9)4-5-15-12/h2-7,15H,1H3,(H,18,19). The molecule has 2 N–H and O–H groups in total. The number of nitrogens with one attached hydrogen (secondary N) is 1. The van der Waals surface area contributed by atoms with E-state index in [1.165, 1.54) is 0 Å². The summed E-state index contributed by atoms with van der Waals surface area (Å²) in [6.45, 7) is 1.63. The molecule has 0 fully saturated rings. The maximum atomic E-state index is 11.1. The molecule has 0 aliphatic rings. The van der Waals surface area contributed by atoms with Crippen LogP contribution in [0.3, 0.4) is 0 Å². The van der Waals surface area contributed by atoms with Crippen LogP contribution in [0.5, 0.6) is 0 Å². The molecule has 2 aromatic heterocycles. The SMILES string of the molecule is Cc1nnc(-c2ccc3[nH]ccc3c2)cc1C(=O)O. The highest BCUT2D eigenvalue weighted by atomic mass is 16.4. The highest BCUT2D eigenvalue weighted by Crippen LogP contribution is 2.23. The number of aromatic carboxylic acids is 1. The molecule has 5 heteroatoms. The topological polar surface area (TPSA) is 78.9 Å². The number of rotatable bonds is 2. The van der Waals surface area contributed by atoms with Crippen LogP contribution in [0.4, 0.5) is 0 Å². The van der Waals surface area contributed by atoms with Gasteiger partial charge in [0.15, 0.2) is 0 Å². The Balaban J connectivity index is 2.15. The zero-order valence-corrected chi connectivity index (χ0v) is 10.2. The highest BCUT2D eigenvalue weighted by molar-refractivity contribution is 5.90. The third kappa shape index (κ3) is 1.95. The normalized spacial score (nSPS) is 10.8. The van der Waals surface area contributed by atoms with E-state index in [1.54, 1.807) is 13.0 Å². The number of aromatic nitrogens is 3. The summed E-state index contributed by atoms with van der Waals surface area (Å²) in [7, 11) is 0. The fourth-order valence-corrected chi connectivity index (χ4v) is 2.02. The van der Waals surface area contributed by atoms with E-state index in [0.717, 1.165) is 16.5 Å². The first kappa shape index (κ1) is 11.4. The van der Waals surface area contributed by atoms with E-state index in [2.05, 4.69) is 15.2 Å². The number of nitrogens with zero attached hydrogens (tertiary/aromatic N) is 2. The molecule has 94 valence electrons. The number of hydrogen-bond donors (Lipinski definition) is 2. The summed E-state index contributed by atoms with van der Waals surface area (Å²) in [6.07, 6.45) is 1.86. The lowest BCUT2D eigenvalue weighted by atomic mass is 10.1. The lowest BCUT2D eigenvalue weighted by Gasteiger charge is -2.04. The summed E-state index contributed by atoms with van der Waals surface area (Å²) < 4.78 is 0. The van der Waals surface area contributed by atoms with Crippen LogP contribution in [0.15, 0.2) is 36.5 Å². The van der Waals surface area contributed by atoms with Crippen LogP contribution in [-0.2, 0) is 0 Å². The van der Waals surface area contributed by atoms with Crippen LogP contribution in [0, 0.1) is 6.92 Å². The number of hydrogen-bond acceptors (Lipinski definition) is 3. The Kier molecular flexibility index (Phi) is 2.52. The Hall–Kier alpha value is -2.69. The second-order valence-electron chi connectivity index (χ2n) is 4.31. The summed E-state index contributed by atoms with van der Waals surface area (Å²) in [4.78, 5) is 14.2. The molecular weight excluding hydrogens is 242 g/mol. The van der Waals surface area contributed by atoms with E-state index in [0.29, 0.717) is 11.4 Å². The molecule has 0 amide bonds. The second kappa shape index (κ2) is 4.20. The van der Waals surface area contributed by atoms with Crippen molar-refractivity contribution in [1.29, 1.82) is 0 Å². The van der Waals surface area contributed by atoms with Gasteiger partial charge in [0, 0.05) is 22.7 Å². The van der Waals surface area contributed by atoms with Gasteiger partial charge in [-0.1, -0.05) is 6.07 Å². The number of fused-ring (bicyclic) bond motifs is 1. The van der Waals surface area contributed by atoms with Crippen LogP contribution in [0.25, 0.3) is 22.2 Å². The minimum absolute atomic E-state index is 0.180. The van der Waals surface area contributed by atoms with Crippen molar-refractivity contribution in [3.8, 4) is 11.3 Å².